The first-order valence-electron chi connectivity index (χ1n) is 8.55. The molecule has 0 spiro atoms. The molecule has 0 atom stereocenters. The molecule has 2 aromatic carbocycles. The Hall–Kier alpha value is -4.38. The summed E-state index contributed by atoms with van der Waals surface area (Å²) in [6.45, 7) is 0. The van der Waals surface area contributed by atoms with E-state index in [0.29, 0.717) is 11.4 Å². The number of nitriles is 1. The fourth-order valence-corrected chi connectivity index (χ4v) is 3.28. The summed E-state index contributed by atoms with van der Waals surface area (Å²) < 4.78 is 0. The average Bonchev–Trinajstić information content (AvgIpc) is 3.33. The maximum absolute atomic E-state index is 9.13. The summed E-state index contributed by atoms with van der Waals surface area (Å²) in [5.41, 5.74) is 10.9. The molecule has 0 bridgehead atoms. The van der Waals surface area contributed by atoms with Crippen LogP contribution in [0.2, 0.25) is 0 Å². The number of hydrogen-bond donors (Lipinski definition) is 4. The summed E-state index contributed by atoms with van der Waals surface area (Å²) in [4.78, 5) is 11.5. The van der Waals surface area contributed by atoms with E-state index in [1.165, 1.54) is 0 Å². The van der Waals surface area contributed by atoms with E-state index in [1.807, 2.05) is 30.3 Å². The largest absolute Gasteiger partial charge is 0.368 e. The monoisotopic (exact) mass is 366 g/mol. The first kappa shape index (κ1) is 15.8. The number of anilines is 3. The number of nitrogens with one attached hydrogen (secondary N) is 3. The molecule has 0 saturated heterocycles. The lowest BCUT2D eigenvalue weighted by Gasteiger charge is -2.09. The molecule has 0 fully saturated rings. The van der Waals surface area contributed by atoms with Gasteiger partial charge < -0.3 is 16.0 Å². The van der Waals surface area contributed by atoms with Gasteiger partial charge >= 0.3 is 0 Å². The number of fused-ring (bicyclic) bond motifs is 2. The van der Waals surface area contributed by atoms with Crippen molar-refractivity contribution in [3.8, 4) is 17.3 Å². The maximum atomic E-state index is 9.13. The minimum absolute atomic E-state index is 0.207. The summed E-state index contributed by atoms with van der Waals surface area (Å²) in [7, 11) is 0. The number of H-pyrrole nitrogens is 2. The van der Waals surface area contributed by atoms with Gasteiger partial charge in [-0.3, -0.25) is 5.10 Å². The van der Waals surface area contributed by atoms with Gasteiger partial charge in [0.2, 0.25) is 5.95 Å². The number of nitrogen functional groups attached to an aromatic ring is 1. The third kappa shape index (κ3) is 2.68. The zero-order valence-electron chi connectivity index (χ0n) is 14.6. The molecule has 3 heterocycles. The molecule has 0 aliphatic heterocycles. The Morgan fingerprint density at radius 3 is 2.86 bits per heavy atom. The van der Waals surface area contributed by atoms with Crippen LogP contribution in [-0.4, -0.2) is 25.1 Å². The van der Waals surface area contributed by atoms with Crippen molar-refractivity contribution in [3.05, 3.63) is 60.4 Å². The molecular weight excluding hydrogens is 352 g/mol. The van der Waals surface area contributed by atoms with Crippen LogP contribution in [0.25, 0.3) is 33.1 Å². The zero-order chi connectivity index (χ0) is 19.1. The maximum Gasteiger partial charge on any atom is 0.221 e. The second-order valence-electron chi connectivity index (χ2n) is 6.38. The third-order valence-corrected chi connectivity index (χ3v) is 4.54. The molecule has 134 valence electrons. The van der Waals surface area contributed by atoms with Crippen molar-refractivity contribution in [2.45, 2.75) is 0 Å². The highest BCUT2D eigenvalue weighted by molar-refractivity contribution is 5.98. The summed E-state index contributed by atoms with van der Waals surface area (Å²) >= 11 is 0. The van der Waals surface area contributed by atoms with Crippen molar-refractivity contribution in [3.63, 3.8) is 0 Å². The van der Waals surface area contributed by atoms with E-state index in [9.17, 15) is 0 Å². The molecule has 0 amide bonds. The SMILES string of the molecule is N#Cc1ccc2[nH]c(-c3cc(Nc4ccnc(N)n4)cc4cn[nH]c34)cc2c1. The predicted molar refractivity (Wildman–Crippen MR) is 108 cm³/mol. The lowest BCUT2D eigenvalue weighted by atomic mass is 10.1. The number of rotatable bonds is 3. The van der Waals surface area contributed by atoms with Crippen molar-refractivity contribution in [2.75, 3.05) is 11.1 Å². The standard InChI is InChI=1S/C20H14N8/c21-9-11-1-2-16-12(5-11)7-17(26-16)15-8-14(6-13-10-24-28-19(13)15)25-18-3-4-23-20(22)27-18/h1-8,10,26H,(H,24,28)(H3,22,23,25,27). The molecule has 0 saturated carbocycles. The molecule has 8 heteroatoms. The smallest absolute Gasteiger partial charge is 0.221 e. The Kier molecular flexibility index (Phi) is 3.45. The van der Waals surface area contributed by atoms with E-state index in [-0.39, 0.29) is 5.95 Å². The first-order chi connectivity index (χ1) is 13.7. The van der Waals surface area contributed by atoms with Crippen LogP contribution in [0, 0.1) is 11.3 Å². The highest BCUT2D eigenvalue weighted by atomic mass is 15.1. The van der Waals surface area contributed by atoms with Gasteiger partial charge in [0.05, 0.1) is 23.3 Å². The van der Waals surface area contributed by atoms with Gasteiger partial charge in [-0.1, -0.05) is 0 Å². The topological polar surface area (TPSA) is 132 Å². The number of nitrogens with zero attached hydrogens (tertiary/aromatic N) is 4. The minimum atomic E-state index is 0.207. The second-order valence-corrected chi connectivity index (χ2v) is 6.38. The Morgan fingerprint density at radius 1 is 1.07 bits per heavy atom. The molecule has 5 rings (SSSR count). The zero-order valence-corrected chi connectivity index (χ0v) is 14.6. The number of hydrogen-bond acceptors (Lipinski definition) is 6. The van der Waals surface area contributed by atoms with Crippen molar-refractivity contribution in [1.82, 2.24) is 25.1 Å². The Morgan fingerprint density at radius 2 is 2.00 bits per heavy atom. The van der Waals surface area contributed by atoms with Crippen LogP contribution in [0.15, 0.2) is 54.9 Å². The van der Waals surface area contributed by atoms with Crippen LogP contribution >= 0.6 is 0 Å². The van der Waals surface area contributed by atoms with Gasteiger partial charge in [-0.25, -0.2) is 4.98 Å². The molecule has 5 aromatic rings. The van der Waals surface area contributed by atoms with Crippen LogP contribution < -0.4 is 11.1 Å². The van der Waals surface area contributed by atoms with Crippen LogP contribution in [0.4, 0.5) is 17.5 Å². The van der Waals surface area contributed by atoms with Crippen molar-refractivity contribution in [2.24, 2.45) is 0 Å². The average molecular weight is 366 g/mol. The highest BCUT2D eigenvalue weighted by Gasteiger charge is 2.12. The molecule has 0 aliphatic carbocycles. The van der Waals surface area contributed by atoms with E-state index < -0.39 is 0 Å². The molecule has 3 aromatic heterocycles. The van der Waals surface area contributed by atoms with Gasteiger partial charge in [-0.2, -0.15) is 15.3 Å². The van der Waals surface area contributed by atoms with Crippen LogP contribution in [0.3, 0.4) is 0 Å². The van der Waals surface area contributed by atoms with Crippen LogP contribution in [0.5, 0.6) is 0 Å². The quantitative estimate of drug-likeness (QED) is 0.385. The Balaban J connectivity index is 1.64. The number of nitrogens with two attached hydrogens (primary N) is 1. The summed E-state index contributed by atoms with van der Waals surface area (Å²) in [6, 6.07) is 15.5. The van der Waals surface area contributed by atoms with E-state index in [4.69, 9.17) is 11.0 Å². The molecule has 0 unspecified atom stereocenters. The van der Waals surface area contributed by atoms with Gasteiger partial charge in [0.25, 0.3) is 0 Å². The van der Waals surface area contributed by atoms with Gasteiger partial charge in [0.15, 0.2) is 0 Å². The summed E-state index contributed by atoms with van der Waals surface area (Å²) in [6.07, 6.45) is 3.38. The second kappa shape index (κ2) is 6.10. The van der Waals surface area contributed by atoms with Gasteiger partial charge in [0, 0.05) is 39.4 Å². The van der Waals surface area contributed by atoms with Crippen molar-refractivity contribution >= 4 is 39.3 Å². The molecule has 8 nitrogen and oxygen atoms in total. The van der Waals surface area contributed by atoms with E-state index in [0.717, 1.165) is 38.8 Å². The Labute approximate surface area is 159 Å². The lowest BCUT2D eigenvalue weighted by molar-refractivity contribution is 1.12. The molecule has 0 radical (unpaired) electrons. The first-order valence-corrected chi connectivity index (χ1v) is 8.55. The van der Waals surface area contributed by atoms with Crippen molar-refractivity contribution < 1.29 is 0 Å². The molecule has 0 aliphatic rings. The number of aromatic amines is 2. The number of aromatic nitrogens is 5. The number of benzene rings is 2. The molecule has 28 heavy (non-hydrogen) atoms. The van der Waals surface area contributed by atoms with E-state index in [2.05, 4.69) is 36.5 Å². The lowest BCUT2D eigenvalue weighted by Crippen LogP contribution is -1.99. The third-order valence-electron chi connectivity index (χ3n) is 4.54. The molecule has 5 N–H and O–H groups in total. The predicted octanol–water partition coefficient (Wildman–Crippen LogP) is 3.70. The summed E-state index contributed by atoms with van der Waals surface area (Å²) in [5, 5.41) is 21.6. The molecular formula is C20H14N8. The van der Waals surface area contributed by atoms with Gasteiger partial charge in [-0.05, 0) is 42.5 Å². The normalized spacial score (nSPS) is 11.0. The van der Waals surface area contributed by atoms with E-state index >= 15 is 0 Å². The summed E-state index contributed by atoms with van der Waals surface area (Å²) in [5.74, 6) is 0.815. The Bertz CT molecular complexity index is 1370. The van der Waals surface area contributed by atoms with Crippen LogP contribution in [-0.2, 0) is 0 Å². The fourth-order valence-electron chi connectivity index (χ4n) is 3.28. The fraction of sp³-hybridized carbons (Fsp3) is 0. The van der Waals surface area contributed by atoms with Crippen molar-refractivity contribution in [1.29, 1.82) is 5.26 Å². The minimum Gasteiger partial charge on any atom is -0.368 e. The highest BCUT2D eigenvalue weighted by Crippen LogP contribution is 2.33. The van der Waals surface area contributed by atoms with Gasteiger partial charge in [-0.15, -0.1) is 0 Å². The van der Waals surface area contributed by atoms with Crippen LogP contribution in [0.1, 0.15) is 5.56 Å². The van der Waals surface area contributed by atoms with E-state index in [1.54, 1.807) is 24.5 Å². The van der Waals surface area contributed by atoms with Gasteiger partial charge in [0.1, 0.15) is 5.82 Å².